The second-order valence-electron chi connectivity index (χ2n) is 5.62. The summed E-state index contributed by atoms with van der Waals surface area (Å²) < 4.78 is 0. The molecule has 0 saturated carbocycles. The summed E-state index contributed by atoms with van der Waals surface area (Å²) in [6.45, 7) is 1.64. The number of hydrogen-bond acceptors (Lipinski definition) is 6. The van der Waals surface area contributed by atoms with Crippen LogP contribution in [0.2, 0.25) is 0 Å². The first-order valence-electron chi connectivity index (χ1n) is 8.03. The molecule has 0 bridgehead atoms. The summed E-state index contributed by atoms with van der Waals surface area (Å²) >= 11 is 0. The lowest BCUT2D eigenvalue weighted by molar-refractivity contribution is -0.106. The van der Waals surface area contributed by atoms with Crippen LogP contribution in [0.5, 0.6) is 0 Å². The molecule has 0 unspecified atom stereocenters. The number of carbonyl (C=O) groups excluding carboxylic acids is 1. The van der Waals surface area contributed by atoms with Crippen molar-refractivity contribution < 1.29 is 4.79 Å². The van der Waals surface area contributed by atoms with Crippen LogP contribution in [0.1, 0.15) is 24.1 Å². The maximum Gasteiger partial charge on any atom is 0.180 e. The van der Waals surface area contributed by atoms with Crippen LogP contribution < -0.4 is 10.6 Å². The zero-order valence-electron chi connectivity index (χ0n) is 13.1. The number of pyridine rings is 1. The highest BCUT2D eigenvalue weighted by atomic mass is 16.1. The molecular weight excluding hydrogens is 290 g/mol. The molecule has 0 radical (unpaired) electrons. The molecule has 0 spiro atoms. The van der Waals surface area contributed by atoms with E-state index < -0.39 is 0 Å². The molecule has 0 atom stereocenters. The number of carbonyl (C=O) groups is 1. The van der Waals surface area contributed by atoms with E-state index in [2.05, 4.69) is 4.98 Å². The molecule has 3 rings (SSSR count). The van der Waals surface area contributed by atoms with Crippen molar-refractivity contribution in [1.29, 1.82) is 0 Å². The third-order valence-electron chi connectivity index (χ3n) is 4.03. The molecular formula is C17H21N5O. The average Bonchev–Trinajstić information content (AvgIpc) is 3.07. The van der Waals surface area contributed by atoms with Gasteiger partial charge >= 0.3 is 0 Å². The zero-order chi connectivity index (χ0) is 16.1. The SMILES string of the molecule is NCCCN(CC=O)c1nc(-c2ccccn2)nc2c1CCC2. The van der Waals surface area contributed by atoms with E-state index in [1.807, 2.05) is 23.1 Å². The van der Waals surface area contributed by atoms with Crippen molar-refractivity contribution in [3.8, 4) is 11.5 Å². The molecule has 1 aliphatic carbocycles. The molecule has 0 aliphatic heterocycles. The normalized spacial score (nSPS) is 12.9. The summed E-state index contributed by atoms with van der Waals surface area (Å²) in [5.41, 5.74) is 8.64. The lowest BCUT2D eigenvalue weighted by Crippen LogP contribution is -2.30. The van der Waals surface area contributed by atoms with E-state index in [0.29, 0.717) is 18.9 Å². The molecule has 2 heterocycles. The van der Waals surface area contributed by atoms with Crippen LogP contribution >= 0.6 is 0 Å². The molecule has 6 heteroatoms. The van der Waals surface area contributed by atoms with Gasteiger partial charge in [0.25, 0.3) is 0 Å². The minimum absolute atomic E-state index is 0.325. The topological polar surface area (TPSA) is 85.0 Å². The van der Waals surface area contributed by atoms with Gasteiger partial charge in [-0.1, -0.05) is 6.07 Å². The molecule has 0 saturated heterocycles. The van der Waals surface area contributed by atoms with Gasteiger partial charge in [0.05, 0.1) is 6.54 Å². The predicted octanol–water partition coefficient (Wildman–Crippen LogP) is 1.38. The van der Waals surface area contributed by atoms with Gasteiger partial charge in [-0.25, -0.2) is 9.97 Å². The van der Waals surface area contributed by atoms with Crippen LogP contribution in [0, 0.1) is 0 Å². The molecule has 23 heavy (non-hydrogen) atoms. The van der Waals surface area contributed by atoms with Gasteiger partial charge in [0.15, 0.2) is 5.82 Å². The first-order chi connectivity index (χ1) is 11.3. The smallest absolute Gasteiger partial charge is 0.180 e. The fourth-order valence-electron chi connectivity index (χ4n) is 2.94. The Morgan fingerprint density at radius 3 is 2.91 bits per heavy atom. The summed E-state index contributed by atoms with van der Waals surface area (Å²) in [6, 6.07) is 5.71. The summed E-state index contributed by atoms with van der Waals surface area (Å²) in [5.74, 6) is 1.50. The molecule has 120 valence electrons. The Balaban J connectivity index is 2.04. The Morgan fingerprint density at radius 2 is 2.17 bits per heavy atom. The highest BCUT2D eigenvalue weighted by Crippen LogP contribution is 2.30. The zero-order valence-corrected chi connectivity index (χ0v) is 13.1. The van der Waals surface area contributed by atoms with Crippen LogP contribution in [-0.2, 0) is 17.6 Å². The molecule has 2 aromatic heterocycles. The van der Waals surface area contributed by atoms with Gasteiger partial charge in [0.2, 0.25) is 0 Å². The summed E-state index contributed by atoms with van der Waals surface area (Å²) in [4.78, 5) is 26.9. The monoisotopic (exact) mass is 311 g/mol. The lowest BCUT2D eigenvalue weighted by Gasteiger charge is -2.24. The first kappa shape index (κ1) is 15.6. The van der Waals surface area contributed by atoms with E-state index in [4.69, 9.17) is 15.7 Å². The molecule has 6 nitrogen and oxygen atoms in total. The number of aromatic nitrogens is 3. The van der Waals surface area contributed by atoms with Crippen molar-refractivity contribution in [2.24, 2.45) is 5.73 Å². The van der Waals surface area contributed by atoms with Gasteiger partial charge in [-0.15, -0.1) is 0 Å². The van der Waals surface area contributed by atoms with Crippen molar-refractivity contribution in [3.63, 3.8) is 0 Å². The van der Waals surface area contributed by atoms with Gasteiger partial charge in [-0.3, -0.25) is 4.98 Å². The maximum absolute atomic E-state index is 11.1. The summed E-state index contributed by atoms with van der Waals surface area (Å²) in [7, 11) is 0. The van der Waals surface area contributed by atoms with E-state index in [1.165, 1.54) is 5.56 Å². The van der Waals surface area contributed by atoms with Crippen LogP contribution in [-0.4, -0.2) is 40.9 Å². The third kappa shape index (κ3) is 3.37. The standard InChI is InChI=1S/C17H21N5O/c18-8-4-10-22(11-12-23)17-13-5-3-7-14(13)20-16(21-17)15-6-1-2-9-19-15/h1-2,6,9,12H,3-5,7-8,10-11,18H2. The van der Waals surface area contributed by atoms with Crippen molar-refractivity contribution in [2.45, 2.75) is 25.7 Å². The highest BCUT2D eigenvalue weighted by Gasteiger charge is 2.23. The quantitative estimate of drug-likeness (QED) is 0.778. The van der Waals surface area contributed by atoms with Crippen LogP contribution in [0.25, 0.3) is 11.5 Å². The molecule has 0 fully saturated rings. The Labute approximate surface area is 135 Å². The number of aryl methyl sites for hydroxylation is 1. The number of fused-ring (bicyclic) bond motifs is 1. The maximum atomic E-state index is 11.1. The minimum Gasteiger partial charge on any atom is -0.349 e. The Kier molecular flexibility index (Phi) is 4.92. The number of nitrogens with zero attached hydrogens (tertiary/aromatic N) is 4. The van der Waals surface area contributed by atoms with Crippen LogP contribution in [0.4, 0.5) is 5.82 Å². The number of hydrogen-bond donors (Lipinski definition) is 1. The van der Waals surface area contributed by atoms with Gasteiger partial charge in [0.1, 0.15) is 17.8 Å². The third-order valence-corrected chi connectivity index (χ3v) is 4.03. The Bertz CT molecular complexity index is 674. The molecule has 0 aromatic carbocycles. The van der Waals surface area contributed by atoms with Crippen molar-refractivity contribution in [3.05, 3.63) is 35.7 Å². The van der Waals surface area contributed by atoms with Gasteiger partial charge in [-0.05, 0) is 44.4 Å². The summed E-state index contributed by atoms with van der Waals surface area (Å²) in [5, 5.41) is 0. The molecule has 2 aromatic rings. The van der Waals surface area contributed by atoms with E-state index >= 15 is 0 Å². The largest absolute Gasteiger partial charge is 0.349 e. The highest BCUT2D eigenvalue weighted by molar-refractivity contribution is 5.64. The molecule has 1 aliphatic rings. The molecule has 2 N–H and O–H groups in total. The van der Waals surface area contributed by atoms with E-state index in [-0.39, 0.29) is 0 Å². The van der Waals surface area contributed by atoms with Crippen LogP contribution in [0.3, 0.4) is 0 Å². The van der Waals surface area contributed by atoms with E-state index in [0.717, 1.165) is 55.7 Å². The number of aldehydes is 1. The van der Waals surface area contributed by atoms with Gasteiger partial charge < -0.3 is 15.4 Å². The molecule has 0 amide bonds. The minimum atomic E-state index is 0.325. The van der Waals surface area contributed by atoms with Crippen molar-refractivity contribution in [2.75, 3.05) is 24.5 Å². The second-order valence-corrected chi connectivity index (χ2v) is 5.62. The fourth-order valence-corrected chi connectivity index (χ4v) is 2.94. The van der Waals surface area contributed by atoms with Crippen molar-refractivity contribution >= 4 is 12.1 Å². The van der Waals surface area contributed by atoms with Gasteiger partial charge in [-0.2, -0.15) is 0 Å². The van der Waals surface area contributed by atoms with Crippen molar-refractivity contribution in [1.82, 2.24) is 15.0 Å². The Morgan fingerprint density at radius 1 is 1.26 bits per heavy atom. The van der Waals surface area contributed by atoms with Gasteiger partial charge in [0, 0.05) is 24.0 Å². The Hall–Kier alpha value is -2.34. The van der Waals surface area contributed by atoms with E-state index in [1.54, 1.807) is 6.20 Å². The lowest BCUT2D eigenvalue weighted by atomic mass is 10.2. The average molecular weight is 311 g/mol. The second kappa shape index (κ2) is 7.28. The number of nitrogens with two attached hydrogens (primary N) is 1. The number of anilines is 1. The number of rotatable bonds is 7. The first-order valence-corrected chi connectivity index (χ1v) is 8.03. The van der Waals surface area contributed by atoms with Crippen LogP contribution in [0.15, 0.2) is 24.4 Å². The predicted molar refractivity (Wildman–Crippen MR) is 89.2 cm³/mol. The summed E-state index contributed by atoms with van der Waals surface area (Å²) in [6.07, 6.45) is 6.48. The fraction of sp³-hybridized carbons (Fsp3) is 0.412. The van der Waals surface area contributed by atoms with E-state index in [9.17, 15) is 4.79 Å².